The SMILES string of the molecule is CNc1nc(C(C)(C)C)nc(N2CCOC(CO)C2)c1C. The first kappa shape index (κ1) is 16.0. The summed E-state index contributed by atoms with van der Waals surface area (Å²) in [5.74, 6) is 2.61. The molecular weight excluding hydrogens is 268 g/mol. The lowest BCUT2D eigenvalue weighted by atomic mass is 9.95. The minimum Gasteiger partial charge on any atom is -0.394 e. The highest BCUT2D eigenvalue weighted by molar-refractivity contribution is 5.59. The normalized spacial score (nSPS) is 19.7. The zero-order valence-electron chi connectivity index (χ0n) is 13.6. The number of aromatic nitrogens is 2. The van der Waals surface area contributed by atoms with E-state index in [9.17, 15) is 5.11 Å². The van der Waals surface area contributed by atoms with Gasteiger partial charge in [0.05, 0.1) is 19.3 Å². The van der Waals surface area contributed by atoms with Gasteiger partial charge in [-0.2, -0.15) is 0 Å². The van der Waals surface area contributed by atoms with Crippen LogP contribution in [0.1, 0.15) is 32.2 Å². The van der Waals surface area contributed by atoms with Crippen molar-refractivity contribution in [3.63, 3.8) is 0 Å². The quantitative estimate of drug-likeness (QED) is 0.876. The molecule has 118 valence electrons. The third-order valence-electron chi connectivity index (χ3n) is 3.67. The van der Waals surface area contributed by atoms with Crippen molar-refractivity contribution in [3.05, 3.63) is 11.4 Å². The van der Waals surface area contributed by atoms with E-state index in [2.05, 4.69) is 36.0 Å². The van der Waals surface area contributed by atoms with Crippen LogP contribution in [0.2, 0.25) is 0 Å². The van der Waals surface area contributed by atoms with Gasteiger partial charge >= 0.3 is 0 Å². The Kier molecular flexibility index (Phi) is 4.68. The minimum absolute atomic E-state index is 0.0334. The fourth-order valence-corrected chi connectivity index (χ4v) is 2.41. The van der Waals surface area contributed by atoms with E-state index in [4.69, 9.17) is 9.72 Å². The van der Waals surface area contributed by atoms with Gasteiger partial charge in [-0.3, -0.25) is 0 Å². The van der Waals surface area contributed by atoms with Crippen molar-refractivity contribution < 1.29 is 9.84 Å². The number of nitrogens with zero attached hydrogens (tertiary/aromatic N) is 3. The van der Waals surface area contributed by atoms with Gasteiger partial charge in [0.2, 0.25) is 0 Å². The largest absolute Gasteiger partial charge is 0.394 e. The van der Waals surface area contributed by atoms with Crippen molar-refractivity contribution in [2.45, 2.75) is 39.2 Å². The fraction of sp³-hybridized carbons (Fsp3) is 0.733. The van der Waals surface area contributed by atoms with Gasteiger partial charge in [-0.05, 0) is 6.92 Å². The highest BCUT2D eigenvalue weighted by Crippen LogP contribution is 2.29. The van der Waals surface area contributed by atoms with Gasteiger partial charge < -0.3 is 20.1 Å². The second-order valence-electron chi connectivity index (χ2n) is 6.47. The number of nitrogens with one attached hydrogen (secondary N) is 1. The molecule has 1 fully saturated rings. The average Bonchev–Trinajstić information content (AvgIpc) is 2.46. The standard InChI is InChI=1S/C15H26N4O2/c1-10-12(16-5)17-14(15(2,3)4)18-13(10)19-6-7-21-11(8-19)9-20/h11,20H,6-9H2,1-5H3,(H,16,17,18). The third kappa shape index (κ3) is 3.44. The lowest BCUT2D eigenvalue weighted by Crippen LogP contribution is -2.45. The van der Waals surface area contributed by atoms with E-state index in [1.165, 1.54) is 0 Å². The molecule has 1 aromatic rings. The van der Waals surface area contributed by atoms with E-state index in [-0.39, 0.29) is 18.1 Å². The lowest BCUT2D eigenvalue weighted by Gasteiger charge is -2.34. The summed E-state index contributed by atoms with van der Waals surface area (Å²) >= 11 is 0. The molecule has 2 N–H and O–H groups in total. The number of hydrogen-bond acceptors (Lipinski definition) is 6. The van der Waals surface area contributed by atoms with Gasteiger partial charge in [0.15, 0.2) is 0 Å². The number of anilines is 2. The van der Waals surface area contributed by atoms with Crippen LogP contribution >= 0.6 is 0 Å². The van der Waals surface area contributed by atoms with E-state index in [1.54, 1.807) is 0 Å². The summed E-state index contributed by atoms with van der Waals surface area (Å²) in [6.45, 7) is 10.4. The first-order valence-corrected chi connectivity index (χ1v) is 7.41. The maximum atomic E-state index is 9.31. The molecule has 1 aliphatic heterocycles. The Morgan fingerprint density at radius 2 is 2.10 bits per heavy atom. The van der Waals surface area contributed by atoms with Gasteiger partial charge in [-0.1, -0.05) is 20.8 Å². The number of ether oxygens (including phenoxy) is 1. The molecule has 21 heavy (non-hydrogen) atoms. The minimum atomic E-state index is -0.149. The molecule has 1 aromatic heterocycles. The van der Waals surface area contributed by atoms with Gasteiger partial charge in [0, 0.05) is 31.1 Å². The zero-order valence-corrected chi connectivity index (χ0v) is 13.6. The molecule has 0 bridgehead atoms. The van der Waals surface area contributed by atoms with E-state index in [1.807, 2.05) is 14.0 Å². The molecule has 2 rings (SSSR count). The maximum Gasteiger partial charge on any atom is 0.138 e. The van der Waals surface area contributed by atoms with Gasteiger partial charge in [0.25, 0.3) is 0 Å². The molecule has 1 atom stereocenters. The molecule has 0 aliphatic carbocycles. The smallest absolute Gasteiger partial charge is 0.138 e. The van der Waals surface area contributed by atoms with Crippen LogP contribution in [0.5, 0.6) is 0 Å². The maximum absolute atomic E-state index is 9.31. The van der Waals surface area contributed by atoms with Crippen molar-refractivity contribution in [1.29, 1.82) is 0 Å². The zero-order chi connectivity index (χ0) is 15.6. The lowest BCUT2D eigenvalue weighted by molar-refractivity contribution is 0.00331. The highest BCUT2D eigenvalue weighted by atomic mass is 16.5. The molecule has 0 saturated carbocycles. The van der Waals surface area contributed by atoms with Crippen LogP contribution in [0.25, 0.3) is 0 Å². The number of morpholine rings is 1. The topological polar surface area (TPSA) is 70.5 Å². The molecule has 0 radical (unpaired) electrons. The molecule has 2 heterocycles. The number of aliphatic hydroxyl groups is 1. The number of rotatable bonds is 3. The van der Waals surface area contributed by atoms with Gasteiger partial charge in [0.1, 0.15) is 17.5 Å². The Morgan fingerprint density at radius 3 is 2.67 bits per heavy atom. The second kappa shape index (κ2) is 6.15. The van der Waals surface area contributed by atoms with Crippen molar-refractivity contribution >= 4 is 11.6 Å². The Balaban J connectivity index is 2.41. The van der Waals surface area contributed by atoms with Crippen LogP contribution in [0.3, 0.4) is 0 Å². The van der Waals surface area contributed by atoms with Crippen molar-refractivity contribution in [3.8, 4) is 0 Å². The van der Waals surface area contributed by atoms with Crippen LogP contribution in [0, 0.1) is 6.92 Å². The van der Waals surface area contributed by atoms with Crippen molar-refractivity contribution in [2.75, 3.05) is 43.6 Å². The fourth-order valence-electron chi connectivity index (χ4n) is 2.41. The second-order valence-corrected chi connectivity index (χ2v) is 6.47. The number of aliphatic hydroxyl groups excluding tert-OH is 1. The molecular formula is C15H26N4O2. The molecule has 0 aromatic carbocycles. The van der Waals surface area contributed by atoms with Crippen molar-refractivity contribution in [1.82, 2.24) is 9.97 Å². The highest BCUT2D eigenvalue weighted by Gasteiger charge is 2.26. The first-order chi connectivity index (χ1) is 9.86. The molecule has 1 aliphatic rings. The summed E-state index contributed by atoms with van der Waals surface area (Å²) in [5.41, 5.74) is 0.917. The predicted molar refractivity (Wildman–Crippen MR) is 84.1 cm³/mol. The van der Waals surface area contributed by atoms with E-state index >= 15 is 0 Å². The molecule has 1 unspecified atom stereocenters. The van der Waals surface area contributed by atoms with Crippen LogP contribution < -0.4 is 10.2 Å². The molecule has 0 spiro atoms. The van der Waals surface area contributed by atoms with E-state index in [0.29, 0.717) is 13.2 Å². The Bertz CT molecular complexity index is 499. The monoisotopic (exact) mass is 294 g/mol. The van der Waals surface area contributed by atoms with Crippen molar-refractivity contribution in [2.24, 2.45) is 0 Å². The summed E-state index contributed by atoms with van der Waals surface area (Å²) in [6.07, 6.45) is -0.149. The Morgan fingerprint density at radius 1 is 1.38 bits per heavy atom. The van der Waals surface area contributed by atoms with Crippen LogP contribution in [0.4, 0.5) is 11.6 Å². The third-order valence-corrected chi connectivity index (χ3v) is 3.67. The van der Waals surface area contributed by atoms with E-state index < -0.39 is 0 Å². The van der Waals surface area contributed by atoms with Crippen LogP contribution in [0.15, 0.2) is 0 Å². The molecule has 0 amide bonds. The molecule has 6 heteroatoms. The molecule has 1 saturated heterocycles. The summed E-state index contributed by atoms with van der Waals surface area (Å²) in [4.78, 5) is 11.6. The summed E-state index contributed by atoms with van der Waals surface area (Å²) in [6, 6.07) is 0. The Hall–Kier alpha value is -1.40. The predicted octanol–water partition coefficient (Wildman–Crippen LogP) is 1.32. The van der Waals surface area contributed by atoms with Gasteiger partial charge in [-0.15, -0.1) is 0 Å². The van der Waals surface area contributed by atoms with E-state index in [0.717, 1.165) is 29.6 Å². The molecule has 6 nitrogen and oxygen atoms in total. The van der Waals surface area contributed by atoms with Crippen LogP contribution in [-0.2, 0) is 10.2 Å². The first-order valence-electron chi connectivity index (χ1n) is 7.41. The average molecular weight is 294 g/mol. The van der Waals surface area contributed by atoms with Gasteiger partial charge in [-0.25, -0.2) is 9.97 Å². The number of hydrogen-bond donors (Lipinski definition) is 2. The summed E-state index contributed by atoms with van der Waals surface area (Å²) < 4.78 is 5.52. The summed E-state index contributed by atoms with van der Waals surface area (Å²) in [7, 11) is 1.88. The Labute approximate surface area is 126 Å². The van der Waals surface area contributed by atoms with Crippen LogP contribution in [-0.4, -0.2) is 54.5 Å². The summed E-state index contributed by atoms with van der Waals surface area (Å²) in [5, 5.41) is 12.5.